The van der Waals surface area contributed by atoms with Gasteiger partial charge in [-0.3, -0.25) is 4.90 Å². The van der Waals surface area contributed by atoms with Crippen molar-refractivity contribution in [2.45, 2.75) is 32.2 Å². The molecule has 0 spiro atoms. The van der Waals surface area contributed by atoms with Crippen LogP contribution in [-0.4, -0.2) is 37.9 Å². The van der Waals surface area contributed by atoms with Crippen molar-refractivity contribution in [1.82, 2.24) is 10.2 Å². The molecule has 0 radical (unpaired) electrons. The van der Waals surface area contributed by atoms with E-state index in [1.165, 1.54) is 31.4 Å². The minimum atomic E-state index is -4.63. The molecule has 0 unspecified atom stereocenters. The first-order valence-corrected chi connectivity index (χ1v) is 7.68. The second-order valence-electron chi connectivity index (χ2n) is 5.80. The van der Waals surface area contributed by atoms with Crippen molar-refractivity contribution in [1.29, 1.82) is 0 Å². The molecule has 23 heavy (non-hydrogen) atoms. The number of rotatable bonds is 6. The Bertz CT molecular complexity index is 446. The predicted octanol–water partition coefficient (Wildman–Crippen LogP) is 3.83. The molecule has 0 atom stereocenters. The second kappa shape index (κ2) is 9.35. The Morgan fingerprint density at radius 3 is 2.30 bits per heavy atom. The van der Waals surface area contributed by atoms with E-state index in [1.54, 1.807) is 12.1 Å². The normalized spacial score (nSPS) is 16.9. The van der Waals surface area contributed by atoms with E-state index in [-0.39, 0.29) is 18.2 Å². The summed E-state index contributed by atoms with van der Waals surface area (Å²) in [6, 6.07) is 6.16. The fourth-order valence-corrected chi connectivity index (χ4v) is 2.84. The van der Waals surface area contributed by atoms with Crippen molar-refractivity contribution in [3.05, 3.63) is 29.8 Å². The zero-order valence-corrected chi connectivity index (χ0v) is 14.1. The summed E-state index contributed by atoms with van der Waals surface area (Å²) in [5, 5.41) is 3.18. The fourth-order valence-electron chi connectivity index (χ4n) is 2.84. The number of benzene rings is 1. The van der Waals surface area contributed by atoms with Gasteiger partial charge in [0.15, 0.2) is 0 Å². The van der Waals surface area contributed by atoms with Crippen LogP contribution in [0.4, 0.5) is 13.2 Å². The number of ether oxygens (including phenoxy) is 1. The highest BCUT2D eigenvalue weighted by Crippen LogP contribution is 2.24. The molecular formula is C16H24ClF3N2O. The van der Waals surface area contributed by atoms with Crippen molar-refractivity contribution in [3.8, 4) is 5.75 Å². The summed E-state index contributed by atoms with van der Waals surface area (Å²) < 4.78 is 40.2. The number of piperidine rings is 1. The molecule has 1 N–H and O–H groups in total. The highest BCUT2D eigenvalue weighted by molar-refractivity contribution is 5.85. The van der Waals surface area contributed by atoms with E-state index >= 15 is 0 Å². The molecule has 0 saturated carbocycles. The van der Waals surface area contributed by atoms with Gasteiger partial charge in [-0.1, -0.05) is 12.1 Å². The summed E-state index contributed by atoms with van der Waals surface area (Å²) in [5.41, 5.74) is 1.02. The second-order valence-corrected chi connectivity index (χ2v) is 5.80. The summed E-state index contributed by atoms with van der Waals surface area (Å²) in [7, 11) is 1.97. The van der Waals surface area contributed by atoms with E-state index < -0.39 is 6.36 Å². The van der Waals surface area contributed by atoms with Gasteiger partial charge < -0.3 is 10.1 Å². The van der Waals surface area contributed by atoms with Crippen LogP contribution in [0.15, 0.2) is 24.3 Å². The van der Waals surface area contributed by atoms with Crippen LogP contribution in [0.5, 0.6) is 5.75 Å². The van der Waals surface area contributed by atoms with Gasteiger partial charge >= 0.3 is 6.36 Å². The molecule has 1 aliphatic rings. The Hall–Kier alpha value is -0.980. The predicted molar refractivity (Wildman–Crippen MR) is 86.9 cm³/mol. The molecule has 7 heteroatoms. The number of nitrogens with one attached hydrogen (secondary N) is 1. The molecule has 0 aliphatic carbocycles. The van der Waals surface area contributed by atoms with Gasteiger partial charge in [0.25, 0.3) is 0 Å². The molecule has 3 nitrogen and oxygen atoms in total. The minimum absolute atomic E-state index is 0. The van der Waals surface area contributed by atoms with Gasteiger partial charge in [0, 0.05) is 6.54 Å². The van der Waals surface area contributed by atoms with Gasteiger partial charge in [-0.15, -0.1) is 25.6 Å². The van der Waals surface area contributed by atoms with Crippen molar-refractivity contribution < 1.29 is 17.9 Å². The first kappa shape index (κ1) is 20.1. The summed E-state index contributed by atoms with van der Waals surface area (Å²) in [6.07, 6.45) is -1.03. The van der Waals surface area contributed by atoms with E-state index in [0.29, 0.717) is 0 Å². The number of hydrogen-bond donors (Lipinski definition) is 1. The van der Waals surface area contributed by atoms with Crippen LogP contribution in [0.25, 0.3) is 0 Å². The van der Waals surface area contributed by atoms with E-state index in [4.69, 9.17) is 0 Å². The number of halogens is 4. The maximum atomic E-state index is 12.1. The zero-order valence-electron chi connectivity index (χ0n) is 13.2. The third-order valence-electron chi connectivity index (χ3n) is 4.07. The van der Waals surface area contributed by atoms with Crippen molar-refractivity contribution in [2.24, 2.45) is 5.92 Å². The molecule has 0 bridgehead atoms. The topological polar surface area (TPSA) is 24.5 Å². The van der Waals surface area contributed by atoms with Crippen molar-refractivity contribution >= 4 is 12.4 Å². The lowest BCUT2D eigenvalue weighted by molar-refractivity contribution is -0.274. The highest BCUT2D eigenvalue weighted by Gasteiger charge is 2.31. The monoisotopic (exact) mass is 352 g/mol. The largest absolute Gasteiger partial charge is 0.573 e. The fraction of sp³-hybridized carbons (Fsp3) is 0.625. The lowest BCUT2D eigenvalue weighted by Crippen LogP contribution is -2.34. The highest BCUT2D eigenvalue weighted by atomic mass is 35.5. The van der Waals surface area contributed by atoms with Crippen LogP contribution in [0.2, 0.25) is 0 Å². The smallest absolute Gasteiger partial charge is 0.406 e. The quantitative estimate of drug-likeness (QED) is 0.842. The van der Waals surface area contributed by atoms with Gasteiger partial charge in [0.1, 0.15) is 5.75 Å². The van der Waals surface area contributed by atoms with Gasteiger partial charge in [-0.05, 0) is 69.6 Å². The molecular weight excluding hydrogens is 329 g/mol. The van der Waals surface area contributed by atoms with Crippen LogP contribution in [-0.2, 0) is 6.54 Å². The van der Waals surface area contributed by atoms with E-state index in [1.807, 2.05) is 7.05 Å². The molecule has 1 heterocycles. The minimum Gasteiger partial charge on any atom is -0.406 e. The Balaban J connectivity index is 0.00000264. The molecule has 1 aromatic carbocycles. The van der Waals surface area contributed by atoms with Crippen LogP contribution < -0.4 is 10.1 Å². The molecule has 1 saturated heterocycles. The van der Waals surface area contributed by atoms with Crippen LogP contribution in [0.3, 0.4) is 0 Å². The standard InChI is InChI=1S/C16H23F3N2O.ClH/c1-20-9-6-13-7-10-21(11-8-13)12-14-2-4-15(5-3-14)22-16(17,18)19;/h2-5,13,20H,6-12H2,1H3;1H. The number of alkyl halides is 3. The number of hydrogen-bond acceptors (Lipinski definition) is 3. The SMILES string of the molecule is CNCCC1CCN(Cc2ccc(OC(F)(F)F)cc2)CC1.Cl. The molecule has 0 aromatic heterocycles. The Morgan fingerprint density at radius 2 is 1.78 bits per heavy atom. The average Bonchev–Trinajstić information content (AvgIpc) is 2.47. The van der Waals surface area contributed by atoms with Crippen LogP contribution >= 0.6 is 12.4 Å². The molecule has 0 amide bonds. The first-order valence-electron chi connectivity index (χ1n) is 7.68. The zero-order chi connectivity index (χ0) is 16.0. The Labute approximate surface area is 141 Å². The lowest BCUT2D eigenvalue weighted by atomic mass is 9.93. The molecule has 1 aromatic rings. The number of likely N-dealkylation sites (tertiary alicyclic amines) is 1. The Morgan fingerprint density at radius 1 is 1.17 bits per heavy atom. The lowest BCUT2D eigenvalue weighted by Gasteiger charge is -2.32. The molecule has 132 valence electrons. The third kappa shape index (κ3) is 7.42. The van der Waals surface area contributed by atoms with E-state index in [2.05, 4.69) is 15.0 Å². The summed E-state index contributed by atoms with van der Waals surface area (Å²) >= 11 is 0. The third-order valence-corrected chi connectivity index (χ3v) is 4.07. The summed E-state index contributed by atoms with van der Waals surface area (Å²) in [6.45, 7) is 3.95. The van der Waals surface area contributed by atoms with Gasteiger partial charge in [0.05, 0.1) is 0 Å². The van der Waals surface area contributed by atoms with Crippen molar-refractivity contribution in [2.75, 3.05) is 26.7 Å². The van der Waals surface area contributed by atoms with Crippen molar-refractivity contribution in [3.63, 3.8) is 0 Å². The summed E-state index contributed by atoms with van der Waals surface area (Å²) in [4.78, 5) is 2.36. The van der Waals surface area contributed by atoms with E-state index in [0.717, 1.165) is 37.7 Å². The first-order chi connectivity index (χ1) is 10.5. The van der Waals surface area contributed by atoms with Gasteiger partial charge in [-0.2, -0.15) is 0 Å². The molecule has 1 aliphatic heterocycles. The summed E-state index contributed by atoms with van der Waals surface area (Å²) in [5.74, 6) is 0.619. The maximum absolute atomic E-state index is 12.1. The van der Waals surface area contributed by atoms with Crippen LogP contribution in [0.1, 0.15) is 24.8 Å². The van der Waals surface area contributed by atoms with Gasteiger partial charge in [-0.25, -0.2) is 0 Å². The average molecular weight is 353 g/mol. The van der Waals surface area contributed by atoms with Gasteiger partial charge in [0.2, 0.25) is 0 Å². The molecule has 1 fully saturated rings. The van der Waals surface area contributed by atoms with Crippen LogP contribution in [0, 0.1) is 5.92 Å². The maximum Gasteiger partial charge on any atom is 0.573 e. The Kier molecular flexibility index (Phi) is 8.16. The molecule has 2 rings (SSSR count). The number of nitrogens with zero attached hydrogens (tertiary/aromatic N) is 1. The van der Waals surface area contributed by atoms with E-state index in [9.17, 15) is 13.2 Å².